The van der Waals surface area contributed by atoms with Gasteiger partial charge in [0.05, 0.1) is 50.1 Å². The number of pyridine rings is 1. The van der Waals surface area contributed by atoms with Crippen LogP contribution in [0.3, 0.4) is 0 Å². The number of aromatic nitrogens is 1. The summed E-state index contributed by atoms with van der Waals surface area (Å²) in [7, 11) is 4.41. The van der Waals surface area contributed by atoms with Crippen LogP contribution in [0.4, 0.5) is 0 Å². The molecule has 146 valence electrons. The number of carboxylic acids is 1. The van der Waals surface area contributed by atoms with Crippen LogP contribution in [0, 0.1) is 0 Å². The number of rotatable bonds is 7. The van der Waals surface area contributed by atoms with E-state index in [0.717, 1.165) is 11.3 Å². The number of benzene rings is 2. The van der Waals surface area contributed by atoms with Gasteiger partial charge in [0.1, 0.15) is 5.75 Å². The summed E-state index contributed by atoms with van der Waals surface area (Å²) in [4.78, 5) is 16.6. The van der Waals surface area contributed by atoms with Crippen LogP contribution >= 0.6 is 0 Å². The fraction of sp³-hybridized carbons (Fsp3) is 0.238. The first-order chi connectivity index (χ1) is 13.5. The quantitative estimate of drug-likeness (QED) is 0.659. The van der Waals surface area contributed by atoms with Crippen LogP contribution in [0.5, 0.6) is 23.0 Å². The van der Waals surface area contributed by atoms with E-state index in [1.807, 2.05) is 31.2 Å². The summed E-state index contributed by atoms with van der Waals surface area (Å²) in [6.07, 6.45) is 0. The van der Waals surface area contributed by atoms with Crippen molar-refractivity contribution in [3.63, 3.8) is 0 Å². The Morgan fingerprint density at radius 1 is 1.00 bits per heavy atom. The molecule has 3 aromatic rings. The summed E-state index contributed by atoms with van der Waals surface area (Å²) in [5.41, 5.74) is 1.77. The van der Waals surface area contributed by atoms with Gasteiger partial charge in [-0.3, -0.25) is 0 Å². The summed E-state index contributed by atoms with van der Waals surface area (Å²) in [6, 6.07) is 10.5. The van der Waals surface area contributed by atoms with Crippen LogP contribution in [0.25, 0.3) is 22.2 Å². The van der Waals surface area contributed by atoms with Gasteiger partial charge in [0.2, 0.25) is 5.75 Å². The second kappa shape index (κ2) is 8.04. The van der Waals surface area contributed by atoms with Gasteiger partial charge >= 0.3 is 5.97 Å². The minimum absolute atomic E-state index is 0.0617. The average molecular weight is 383 g/mol. The van der Waals surface area contributed by atoms with E-state index < -0.39 is 5.97 Å². The van der Waals surface area contributed by atoms with Crippen molar-refractivity contribution in [2.75, 3.05) is 27.9 Å². The molecule has 7 nitrogen and oxygen atoms in total. The van der Waals surface area contributed by atoms with Gasteiger partial charge in [0.15, 0.2) is 11.5 Å². The predicted molar refractivity (Wildman–Crippen MR) is 105 cm³/mol. The summed E-state index contributed by atoms with van der Waals surface area (Å²) in [5, 5.41) is 10.2. The molecule has 0 bridgehead atoms. The zero-order valence-corrected chi connectivity index (χ0v) is 16.1. The minimum Gasteiger partial charge on any atom is -0.494 e. The van der Waals surface area contributed by atoms with Crippen LogP contribution < -0.4 is 18.9 Å². The normalized spacial score (nSPS) is 10.6. The highest BCUT2D eigenvalue weighted by atomic mass is 16.5. The van der Waals surface area contributed by atoms with Crippen molar-refractivity contribution in [1.29, 1.82) is 0 Å². The molecule has 0 aliphatic heterocycles. The fourth-order valence-electron chi connectivity index (χ4n) is 3.07. The first kappa shape index (κ1) is 19.3. The number of hydrogen-bond acceptors (Lipinski definition) is 6. The molecule has 2 aromatic carbocycles. The number of aromatic carboxylic acids is 1. The summed E-state index contributed by atoms with van der Waals surface area (Å²) >= 11 is 0. The standard InChI is InChI=1S/C21H21NO6/c1-5-28-13-8-6-12(7-9-13)15-10-14(21(23)24)18-16(22-15)11-17(25-2)19(26-3)20(18)27-4/h6-11H,5H2,1-4H3,(H,23,24). The third-order valence-electron chi connectivity index (χ3n) is 4.29. The molecule has 0 saturated heterocycles. The smallest absolute Gasteiger partial charge is 0.336 e. The molecule has 28 heavy (non-hydrogen) atoms. The first-order valence-electron chi connectivity index (χ1n) is 8.64. The highest BCUT2D eigenvalue weighted by Crippen LogP contribution is 2.44. The highest BCUT2D eigenvalue weighted by molar-refractivity contribution is 6.08. The lowest BCUT2D eigenvalue weighted by Crippen LogP contribution is -2.04. The fourth-order valence-corrected chi connectivity index (χ4v) is 3.07. The lowest BCUT2D eigenvalue weighted by molar-refractivity contribution is 0.0698. The van der Waals surface area contributed by atoms with Gasteiger partial charge in [-0.05, 0) is 37.3 Å². The third kappa shape index (κ3) is 3.38. The van der Waals surface area contributed by atoms with Crippen molar-refractivity contribution < 1.29 is 28.8 Å². The second-order valence-corrected chi connectivity index (χ2v) is 5.86. The molecule has 0 unspecified atom stereocenters. The number of hydrogen-bond donors (Lipinski definition) is 1. The van der Waals surface area contributed by atoms with E-state index in [2.05, 4.69) is 4.98 Å². The number of methoxy groups -OCH3 is 3. The summed E-state index contributed by atoms with van der Waals surface area (Å²) in [5.74, 6) is 0.624. The summed E-state index contributed by atoms with van der Waals surface area (Å²) in [6.45, 7) is 2.48. The van der Waals surface area contributed by atoms with Crippen molar-refractivity contribution in [2.24, 2.45) is 0 Å². The second-order valence-electron chi connectivity index (χ2n) is 5.86. The monoisotopic (exact) mass is 383 g/mol. The Labute approximate surface area is 162 Å². The number of carbonyl (C=O) groups is 1. The topological polar surface area (TPSA) is 87.1 Å². The van der Waals surface area contributed by atoms with Crippen LogP contribution in [0.15, 0.2) is 36.4 Å². The maximum absolute atomic E-state index is 12.0. The van der Waals surface area contributed by atoms with Gasteiger partial charge in [0, 0.05) is 11.6 Å². The minimum atomic E-state index is -1.09. The highest BCUT2D eigenvalue weighted by Gasteiger charge is 2.23. The van der Waals surface area contributed by atoms with Crippen LogP contribution in [0.2, 0.25) is 0 Å². The first-order valence-corrected chi connectivity index (χ1v) is 8.64. The molecule has 0 aliphatic rings. The van der Waals surface area contributed by atoms with Gasteiger partial charge in [-0.2, -0.15) is 0 Å². The molecular weight excluding hydrogens is 362 g/mol. The Kier molecular flexibility index (Phi) is 5.54. The molecule has 0 radical (unpaired) electrons. The van der Waals surface area contributed by atoms with Gasteiger partial charge in [-0.1, -0.05) is 0 Å². The zero-order chi connectivity index (χ0) is 20.3. The Balaban J connectivity index is 2.28. The Bertz CT molecular complexity index is 1010. The van der Waals surface area contributed by atoms with E-state index in [1.165, 1.54) is 27.4 Å². The molecule has 0 saturated carbocycles. The molecule has 1 heterocycles. The van der Waals surface area contributed by atoms with E-state index >= 15 is 0 Å². The molecule has 0 fully saturated rings. The van der Waals surface area contributed by atoms with Gasteiger partial charge in [0.25, 0.3) is 0 Å². The van der Waals surface area contributed by atoms with Crippen LogP contribution in [-0.4, -0.2) is 44.0 Å². The Morgan fingerprint density at radius 2 is 1.68 bits per heavy atom. The van der Waals surface area contributed by atoms with Crippen molar-refractivity contribution in [3.8, 4) is 34.3 Å². The largest absolute Gasteiger partial charge is 0.494 e. The Morgan fingerprint density at radius 3 is 2.21 bits per heavy atom. The predicted octanol–water partition coefficient (Wildman–Crippen LogP) is 4.02. The maximum atomic E-state index is 12.0. The van der Waals surface area contributed by atoms with Crippen molar-refractivity contribution in [3.05, 3.63) is 42.0 Å². The molecule has 7 heteroatoms. The third-order valence-corrected chi connectivity index (χ3v) is 4.29. The number of nitrogens with zero attached hydrogens (tertiary/aromatic N) is 1. The SMILES string of the molecule is CCOc1ccc(-c2cc(C(=O)O)c3c(OC)c(OC)c(OC)cc3n2)cc1. The van der Waals surface area contributed by atoms with Crippen LogP contribution in [0.1, 0.15) is 17.3 Å². The van der Waals surface area contributed by atoms with E-state index in [0.29, 0.717) is 34.7 Å². The van der Waals surface area contributed by atoms with Crippen molar-refractivity contribution in [1.82, 2.24) is 4.98 Å². The molecule has 1 N–H and O–H groups in total. The van der Waals surface area contributed by atoms with Crippen LogP contribution in [-0.2, 0) is 0 Å². The Hall–Kier alpha value is -3.48. The van der Waals surface area contributed by atoms with E-state index in [9.17, 15) is 9.90 Å². The molecule has 0 spiro atoms. The summed E-state index contributed by atoms with van der Waals surface area (Å²) < 4.78 is 21.6. The van der Waals surface area contributed by atoms with Crippen molar-refractivity contribution >= 4 is 16.9 Å². The molecular formula is C21H21NO6. The molecule has 0 amide bonds. The van der Waals surface area contributed by atoms with E-state index in [1.54, 1.807) is 6.07 Å². The maximum Gasteiger partial charge on any atom is 0.336 e. The van der Waals surface area contributed by atoms with Gasteiger partial charge in [-0.25, -0.2) is 9.78 Å². The van der Waals surface area contributed by atoms with Gasteiger partial charge in [-0.15, -0.1) is 0 Å². The molecule has 1 aromatic heterocycles. The van der Waals surface area contributed by atoms with E-state index in [4.69, 9.17) is 18.9 Å². The number of carboxylic acid groups (broad SMARTS) is 1. The molecule has 0 atom stereocenters. The molecule has 3 rings (SSSR count). The van der Waals surface area contributed by atoms with Crippen molar-refractivity contribution in [2.45, 2.75) is 6.92 Å². The van der Waals surface area contributed by atoms with E-state index in [-0.39, 0.29) is 11.3 Å². The number of fused-ring (bicyclic) bond motifs is 1. The number of ether oxygens (including phenoxy) is 4. The van der Waals surface area contributed by atoms with Gasteiger partial charge < -0.3 is 24.1 Å². The molecule has 0 aliphatic carbocycles. The zero-order valence-electron chi connectivity index (χ0n) is 16.1. The lowest BCUT2D eigenvalue weighted by atomic mass is 10.0. The lowest BCUT2D eigenvalue weighted by Gasteiger charge is -2.16. The average Bonchev–Trinajstić information content (AvgIpc) is 2.71.